The zero-order valence-electron chi connectivity index (χ0n) is 16.3. The first kappa shape index (κ1) is 21.3. The van der Waals surface area contributed by atoms with E-state index in [9.17, 15) is 19.2 Å². The van der Waals surface area contributed by atoms with Crippen molar-refractivity contribution in [3.8, 4) is 23.0 Å². The van der Waals surface area contributed by atoms with Crippen LogP contribution < -0.4 is 18.9 Å². The lowest BCUT2D eigenvalue weighted by molar-refractivity contribution is -0.121. The fourth-order valence-electron chi connectivity index (χ4n) is 2.57. The van der Waals surface area contributed by atoms with Crippen molar-refractivity contribution in [3.63, 3.8) is 0 Å². The maximum absolute atomic E-state index is 12.3. The smallest absolute Gasteiger partial charge is 0.343 e. The normalized spacial score (nSPS) is 9.97. The second kappa shape index (κ2) is 9.84. The van der Waals surface area contributed by atoms with Gasteiger partial charge in [-0.15, -0.1) is 0 Å². The summed E-state index contributed by atoms with van der Waals surface area (Å²) in [5.74, 6) is -0.0129. The van der Waals surface area contributed by atoms with Gasteiger partial charge < -0.3 is 18.9 Å². The molecule has 0 radical (unpaired) electrons. The van der Waals surface area contributed by atoms with Gasteiger partial charge in [0, 0.05) is 0 Å². The summed E-state index contributed by atoms with van der Waals surface area (Å²) in [4.78, 5) is 45.2. The lowest BCUT2D eigenvalue weighted by atomic mass is 10.2. The average Bonchev–Trinajstić information content (AvgIpc) is 2.77. The molecule has 0 saturated carbocycles. The molecule has 8 heteroatoms. The molecule has 0 fully saturated rings. The lowest BCUT2D eigenvalue weighted by Crippen LogP contribution is -2.10. The molecular formula is C23H16O8. The molecule has 3 aromatic rings. The SMILES string of the molecule is Cc1cc(OC(=O)c2ccc(OC=O)cc2)ccc1OC(=O)c1ccc(OC=O)cc1. The van der Waals surface area contributed by atoms with Crippen molar-refractivity contribution in [2.24, 2.45) is 0 Å². The minimum atomic E-state index is -0.598. The fraction of sp³-hybridized carbons (Fsp3) is 0.0435. The molecule has 3 aromatic carbocycles. The van der Waals surface area contributed by atoms with E-state index < -0.39 is 11.9 Å². The predicted octanol–water partition coefficient (Wildman–Crippen LogP) is 3.50. The van der Waals surface area contributed by atoms with Crippen molar-refractivity contribution in [2.45, 2.75) is 6.92 Å². The molecule has 0 spiro atoms. The van der Waals surface area contributed by atoms with E-state index in [1.165, 1.54) is 60.7 Å². The number of esters is 2. The second-order valence-corrected chi connectivity index (χ2v) is 6.18. The van der Waals surface area contributed by atoms with Gasteiger partial charge in [-0.05, 0) is 79.2 Å². The third-order valence-corrected chi connectivity index (χ3v) is 4.11. The number of ether oxygens (including phenoxy) is 4. The first-order valence-corrected chi connectivity index (χ1v) is 8.96. The summed E-state index contributed by atoms with van der Waals surface area (Å²) in [7, 11) is 0. The third kappa shape index (κ3) is 5.54. The van der Waals surface area contributed by atoms with Crippen LogP contribution in [0.5, 0.6) is 23.0 Å². The van der Waals surface area contributed by atoms with Crippen LogP contribution in [0, 0.1) is 6.92 Å². The van der Waals surface area contributed by atoms with E-state index in [0.717, 1.165) is 0 Å². The number of hydrogen-bond donors (Lipinski definition) is 0. The Kier molecular flexibility index (Phi) is 6.74. The Hall–Kier alpha value is -4.46. The highest BCUT2D eigenvalue weighted by Crippen LogP contribution is 2.25. The van der Waals surface area contributed by atoms with Crippen LogP contribution in [-0.2, 0) is 9.59 Å². The first-order chi connectivity index (χ1) is 15.0. The van der Waals surface area contributed by atoms with Crippen molar-refractivity contribution in [1.29, 1.82) is 0 Å². The molecule has 0 unspecified atom stereocenters. The van der Waals surface area contributed by atoms with Gasteiger partial charge in [0.2, 0.25) is 0 Å². The zero-order valence-corrected chi connectivity index (χ0v) is 16.3. The largest absolute Gasteiger partial charge is 0.429 e. The lowest BCUT2D eigenvalue weighted by Gasteiger charge is -2.10. The summed E-state index contributed by atoms with van der Waals surface area (Å²) in [5.41, 5.74) is 1.12. The van der Waals surface area contributed by atoms with Gasteiger partial charge in [0.25, 0.3) is 12.9 Å². The Morgan fingerprint density at radius 2 is 1.10 bits per heavy atom. The van der Waals surface area contributed by atoms with Crippen molar-refractivity contribution >= 4 is 24.9 Å². The minimum Gasteiger partial charge on any atom is -0.429 e. The Morgan fingerprint density at radius 3 is 1.55 bits per heavy atom. The number of carbonyl (C=O) groups excluding carboxylic acids is 4. The van der Waals surface area contributed by atoms with Crippen molar-refractivity contribution < 1.29 is 38.1 Å². The molecule has 0 bridgehead atoms. The van der Waals surface area contributed by atoms with E-state index in [0.29, 0.717) is 35.8 Å². The molecule has 3 rings (SSSR count). The molecule has 0 aliphatic carbocycles. The maximum atomic E-state index is 12.3. The summed E-state index contributed by atoms with van der Waals surface area (Å²) >= 11 is 0. The van der Waals surface area contributed by atoms with Crippen molar-refractivity contribution in [2.75, 3.05) is 0 Å². The van der Waals surface area contributed by atoms with Crippen LogP contribution in [0.2, 0.25) is 0 Å². The van der Waals surface area contributed by atoms with Gasteiger partial charge in [0.1, 0.15) is 23.0 Å². The summed E-state index contributed by atoms with van der Waals surface area (Å²) < 4.78 is 20.1. The molecule has 31 heavy (non-hydrogen) atoms. The van der Waals surface area contributed by atoms with Crippen molar-refractivity contribution in [3.05, 3.63) is 83.4 Å². The summed E-state index contributed by atoms with van der Waals surface area (Å²) in [6, 6.07) is 16.3. The van der Waals surface area contributed by atoms with Crippen LogP contribution in [0.3, 0.4) is 0 Å². The Balaban J connectivity index is 1.65. The first-order valence-electron chi connectivity index (χ1n) is 8.96. The van der Waals surface area contributed by atoms with Crippen molar-refractivity contribution in [1.82, 2.24) is 0 Å². The molecule has 0 heterocycles. The van der Waals surface area contributed by atoms with Crippen LogP contribution in [-0.4, -0.2) is 24.9 Å². The van der Waals surface area contributed by atoms with Crippen LogP contribution in [0.15, 0.2) is 66.7 Å². The highest BCUT2D eigenvalue weighted by Gasteiger charge is 2.13. The van der Waals surface area contributed by atoms with Crippen LogP contribution in [0.4, 0.5) is 0 Å². The van der Waals surface area contributed by atoms with E-state index in [-0.39, 0.29) is 16.9 Å². The fourth-order valence-corrected chi connectivity index (χ4v) is 2.57. The zero-order chi connectivity index (χ0) is 22.2. The van der Waals surface area contributed by atoms with Gasteiger partial charge in [-0.3, -0.25) is 9.59 Å². The van der Waals surface area contributed by atoms with E-state index >= 15 is 0 Å². The van der Waals surface area contributed by atoms with Crippen LogP contribution in [0.1, 0.15) is 26.3 Å². The molecule has 0 N–H and O–H groups in total. The number of carbonyl (C=O) groups is 4. The summed E-state index contributed by atoms with van der Waals surface area (Å²) in [6.45, 7) is 2.29. The van der Waals surface area contributed by atoms with Gasteiger partial charge in [-0.25, -0.2) is 9.59 Å². The minimum absolute atomic E-state index is 0.269. The maximum Gasteiger partial charge on any atom is 0.343 e. The highest BCUT2D eigenvalue weighted by atomic mass is 16.5. The topological polar surface area (TPSA) is 105 Å². The monoisotopic (exact) mass is 420 g/mol. The second-order valence-electron chi connectivity index (χ2n) is 6.18. The molecular weight excluding hydrogens is 404 g/mol. The standard InChI is InChI=1S/C23H16O8/c1-15-12-20(30-22(26)16-2-6-18(7-3-16)28-13-24)10-11-21(15)31-23(27)17-4-8-19(9-5-17)29-14-25/h2-14H,1H3. The molecule has 0 aliphatic heterocycles. The Labute approximate surface area is 176 Å². The molecule has 0 aliphatic rings. The van der Waals surface area contributed by atoms with Crippen LogP contribution in [0.25, 0.3) is 0 Å². The van der Waals surface area contributed by atoms with Gasteiger partial charge in [-0.1, -0.05) is 0 Å². The van der Waals surface area contributed by atoms with Crippen LogP contribution >= 0.6 is 0 Å². The Morgan fingerprint density at radius 1 is 0.645 bits per heavy atom. The van der Waals surface area contributed by atoms with Gasteiger partial charge >= 0.3 is 11.9 Å². The van der Waals surface area contributed by atoms with Gasteiger partial charge in [0.05, 0.1) is 11.1 Å². The number of hydrogen-bond acceptors (Lipinski definition) is 8. The summed E-state index contributed by atoms with van der Waals surface area (Å²) in [5, 5.41) is 0. The quantitative estimate of drug-likeness (QED) is 0.310. The molecule has 0 amide bonds. The number of benzene rings is 3. The molecule has 156 valence electrons. The third-order valence-electron chi connectivity index (χ3n) is 4.11. The number of rotatable bonds is 8. The van der Waals surface area contributed by atoms with E-state index in [1.54, 1.807) is 13.0 Å². The molecule has 8 nitrogen and oxygen atoms in total. The molecule has 0 saturated heterocycles. The Bertz CT molecular complexity index is 1100. The average molecular weight is 420 g/mol. The van der Waals surface area contributed by atoms with E-state index in [1.807, 2.05) is 0 Å². The van der Waals surface area contributed by atoms with E-state index in [2.05, 4.69) is 9.47 Å². The molecule has 0 aromatic heterocycles. The van der Waals surface area contributed by atoms with Gasteiger partial charge in [-0.2, -0.15) is 0 Å². The van der Waals surface area contributed by atoms with E-state index in [4.69, 9.17) is 9.47 Å². The predicted molar refractivity (Wildman–Crippen MR) is 107 cm³/mol. The number of aryl methyl sites for hydroxylation is 1. The highest BCUT2D eigenvalue weighted by molar-refractivity contribution is 5.92. The summed E-state index contributed by atoms with van der Waals surface area (Å²) in [6.07, 6.45) is 0. The molecule has 0 atom stereocenters. The van der Waals surface area contributed by atoms with Gasteiger partial charge in [0.15, 0.2) is 0 Å².